The van der Waals surface area contributed by atoms with Crippen molar-refractivity contribution in [3.63, 3.8) is 0 Å². The van der Waals surface area contributed by atoms with Gasteiger partial charge in [0.15, 0.2) is 0 Å². The number of rotatable bonds is 4. The maximum Gasteiger partial charge on any atom is 0.139 e. The molecule has 4 nitrogen and oxygen atoms in total. The molecule has 0 spiro atoms. The first kappa shape index (κ1) is 13.9. The fourth-order valence-corrected chi connectivity index (χ4v) is 4.08. The number of hydrogen-bond acceptors (Lipinski definition) is 4. The van der Waals surface area contributed by atoms with Crippen LogP contribution in [0.3, 0.4) is 0 Å². The molecule has 0 bridgehead atoms. The molecule has 1 fully saturated rings. The summed E-state index contributed by atoms with van der Waals surface area (Å²) in [5.74, 6) is 1.01. The van der Waals surface area contributed by atoms with Gasteiger partial charge >= 0.3 is 0 Å². The Kier molecular flexibility index (Phi) is 3.70. The summed E-state index contributed by atoms with van der Waals surface area (Å²) >= 11 is 1.86. The van der Waals surface area contributed by atoms with E-state index in [0.29, 0.717) is 6.04 Å². The van der Waals surface area contributed by atoms with Crippen molar-refractivity contribution in [2.24, 2.45) is 7.05 Å². The highest BCUT2D eigenvalue weighted by Crippen LogP contribution is 2.29. The molecular formula is C17H19N3OS. The van der Waals surface area contributed by atoms with Crippen molar-refractivity contribution >= 4 is 21.4 Å². The summed E-state index contributed by atoms with van der Waals surface area (Å²) in [7, 11) is 2.02. The summed E-state index contributed by atoms with van der Waals surface area (Å²) in [6.45, 7) is 1.68. The van der Waals surface area contributed by atoms with Crippen molar-refractivity contribution in [2.45, 2.75) is 25.1 Å². The molecule has 0 unspecified atom stereocenters. The lowest BCUT2D eigenvalue weighted by Gasteiger charge is -2.19. The fourth-order valence-electron chi connectivity index (χ4n) is 3.06. The summed E-state index contributed by atoms with van der Waals surface area (Å²) in [5.41, 5.74) is 0. The number of benzene rings is 1. The molecule has 22 heavy (non-hydrogen) atoms. The molecule has 0 amide bonds. The smallest absolute Gasteiger partial charge is 0.139 e. The molecule has 1 aliphatic rings. The minimum absolute atomic E-state index is 0.0504. The Balaban J connectivity index is 1.47. The molecule has 0 radical (unpaired) electrons. The van der Waals surface area contributed by atoms with Gasteiger partial charge < -0.3 is 14.6 Å². The topological polar surface area (TPSA) is 39.1 Å². The first-order valence-corrected chi connectivity index (χ1v) is 8.42. The van der Waals surface area contributed by atoms with Gasteiger partial charge in [-0.05, 0) is 23.9 Å². The van der Waals surface area contributed by atoms with Gasteiger partial charge in [-0.25, -0.2) is 4.98 Å². The Bertz CT molecular complexity index is 746. The molecule has 5 heteroatoms. The number of nitrogens with zero attached hydrogens (tertiary/aromatic N) is 2. The van der Waals surface area contributed by atoms with Crippen LogP contribution in [0.1, 0.15) is 23.2 Å². The van der Waals surface area contributed by atoms with Gasteiger partial charge in [-0.1, -0.05) is 18.2 Å². The van der Waals surface area contributed by atoms with Crippen LogP contribution in [-0.4, -0.2) is 22.2 Å². The van der Waals surface area contributed by atoms with E-state index in [2.05, 4.69) is 40.6 Å². The highest BCUT2D eigenvalue weighted by molar-refractivity contribution is 7.19. The Morgan fingerprint density at radius 2 is 2.32 bits per heavy atom. The third-order valence-corrected chi connectivity index (χ3v) is 5.34. The van der Waals surface area contributed by atoms with Gasteiger partial charge in [0.1, 0.15) is 11.9 Å². The molecule has 1 saturated heterocycles. The van der Waals surface area contributed by atoms with Gasteiger partial charge in [-0.3, -0.25) is 0 Å². The Morgan fingerprint density at radius 1 is 1.41 bits per heavy atom. The van der Waals surface area contributed by atoms with E-state index >= 15 is 0 Å². The molecule has 3 heterocycles. The lowest BCUT2D eigenvalue weighted by Crippen LogP contribution is -2.32. The van der Waals surface area contributed by atoms with Crippen molar-refractivity contribution in [3.05, 3.63) is 53.4 Å². The van der Waals surface area contributed by atoms with Crippen LogP contribution in [0.4, 0.5) is 0 Å². The standard InChI is InChI=1S/C17H19N3OS/c1-20-8-7-18-17(20)16-14(6-9-21-16)19-11-13-10-12-4-2-3-5-15(12)22-13/h2-5,7-8,10,14,16,19H,6,9,11H2,1H3/t14-,16-/m0/s1. The molecule has 0 aliphatic carbocycles. The number of thiophene rings is 1. The van der Waals surface area contributed by atoms with Crippen LogP contribution in [0, 0.1) is 0 Å². The second-order valence-corrected chi connectivity index (χ2v) is 6.88. The molecule has 2 atom stereocenters. The van der Waals surface area contributed by atoms with Gasteiger partial charge in [0.25, 0.3) is 0 Å². The maximum atomic E-state index is 5.90. The predicted molar refractivity (Wildman–Crippen MR) is 89.0 cm³/mol. The minimum Gasteiger partial charge on any atom is -0.369 e. The van der Waals surface area contributed by atoms with E-state index in [1.807, 2.05) is 35.3 Å². The molecule has 4 rings (SSSR count). The SMILES string of the molecule is Cn1ccnc1[C@H]1OCC[C@@H]1NCc1cc2ccccc2s1. The molecule has 0 saturated carbocycles. The Hall–Kier alpha value is -1.69. The van der Waals surface area contributed by atoms with E-state index in [1.165, 1.54) is 15.0 Å². The third-order valence-electron chi connectivity index (χ3n) is 4.22. The summed E-state index contributed by atoms with van der Waals surface area (Å²) in [4.78, 5) is 5.81. The minimum atomic E-state index is 0.0504. The van der Waals surface area contributed by atoms with Crippen LogP contribution < -0.4 is 5.32 Å². The fraction of sp³-hybridized carbons (Fsp3) is 0.353. The van der Waals surface area contributed by atoms with E-state index in [1.54, 1.807) is 0 Å². The Labute approximate surface area is 133 Å². The van der Waals surface area contributed by atoms with E-state index < -0.39 is 0 Å². The van der Waals surface area contributed by atoms with Gasteiger partial charge in [0, 0.05) is 48.2 Å². The van der Waals surface area contributed by atoms with Crippen LogP contribution in [0.15, 0.2) is 42.7 Å². The molecule has 3 aromatic rings. The van der Waals surface area contributed by atoms with Crippen molar-refractivity contribution in [2.75, 3.05) is 6.61 Å². The van der Waals surface area contributed by atoms with Crippen LogP contribution in [0.25, 0.3) is 10.1 Å². The zero-order chi connectivity index (χ0) is 14.9. The van der Waals surface area contributed by atoms with Crippen LogP contribution in [0.5, 0.6) is 0 Å². The third kappa shape index (κ3) is 2.56. The molecule has 114 valence electrons. The molecular weight excluding hydrogens is 294 g/mol. The van der Waals surface area contributed by atoms with E-state index in [0.717, 1.165) is 25.4 Å². The summed E-state index contributed by atoms with van der Waals surface area (Å²) in [6, 6.07) is 11.1. The largest absolute Gasteiger partial charge is 0.369 e. The van der Waals surface area contributed by atoms with Crippen molar-refractivity contribution < 1.29 is 4.74 Å². The maximum absolute atomic E-state index is 5.90. The van der Waals surface area contributed by atoms with Gasteiger partial charge in [0.05, 0.1) is 0 Å². The number of imidazole rings is 1. The lowest BCUT2D eigenvalue weighted by molar-refractivity contribution is 0.0893. The second-order valence-electron chi connectivity index (χ2n) is 5.71. The predicted octanol–water partition coefficient (Wildman–Crippen LogP) is 3.25. The van der Waals surface area contributed by atoms with Gasteiger partial charge in [0.2, 0.25) is 0 Å². The molecule has 1 aliphatic heterocycles. The first-order chi connectivity index (χ1) is 10.8. The van der Waals surface area contributed by atoms with Crippen molar-refractivity contribution in [1.29, 1.82) is 0 Å². The summed E-state index contributed by atoms with van der Waals surface area (Å²) in [5, 5.41) is 4.98. The molecule has 1 aromatic carbocycles. The van der Waals surface area contributed by atoms with E-state index in [-0.39, 0.29) is 6.10 Å². The number of fused-ring (bicyclic) bond motifs is 1. The Morgan fingerprint density at radius 3 is 3.14 bits per heavy atom. The molecule has 1 N–H and O–H groups in total. The van der Waals surface area contributed by atoms with Gasteiger partial charge in [-0.2, -0.15) is 0 Å². The summed E-state index contributed by atoms with van der Waals surface area (Å²) < 4.78 is 9.29. The normalized spacial score (nSPS) is 21.7. The first-order valence-electron chi connectivity index (χ1n) is 7.61. The zero-order valence-electron chi connectivity index (χ0n) is 12.5. The van der Waals surface area contributed by atoms with Crippen LogP contribution >= 0.6 is 11.3 Å². The monoisotopic (exact) mass is 313 g/mol. The number of aryl methyl sites for hydroxylation is 1. The quantitative estimate of drug-likeness (QED) is 0.803. The number of nitrogens with one attached hydrogen (secondary N) is 1. The lowest BCUT2D eigenvalue weighted by atomic mass is 10.1. The van der Waals surface area contributed by atoms with Gasteiger partial charge in [-0.15, -0.1) is 11.3 Å². The van der Waals surface area contributed by atoms with E-state index in [9.17, 15) is 0 Å². The van der Waals surface area contributed by atoms with Crippen LogP contribution in [0.2, 0.25) is 0 Å². The van der Waals surface area contributed by atoms with E-state index in [4.69, 9.17) is 4.74 Å². The average molecular weight is 313 g/mol. The average Bonchev–Trinajstić information content (AvgIpc) is 3.23. The zero-order valence-corrected chi connectivity index (χ0v) is 13.3. The highest BCUT2D eigenvalue weighted by atomic mass is 32.1. The van der Waals surface area contributed by atoms with Crippen molar-refractivity contribution in [3.8, 4) is 0 Å². The number of aromatic nitrogens is 2. The second kappa shape index (κ2) is 5.83. The van der Waals surface area contributed by atoms with Crippen LogP contribution in [-0.2, 0) is 18.3 Å². The molecule has 2 aromatic heterocycles. The number of ether oxygens (including phenoxy) is 1. The summed E-state index contributed by atoms with van der Waals surface area (Å²) in [6.07, 6.45) is 4.89. The number of hydrogen-bond donors (Lipinski definition) is 1. The highest BCUT2D eigenvalue weighted by Gasteiger charge is 2.32. The van der Waals surface area contributed by atoms with Crippen molar-refractivity contribution in [1.82, 2.24) is 14.9 Å².